The van der Waals surface area contributed by atoms with Gasteiger partial charge in [-0.25, -0.2) is 4.39 Å². The van der Waals surface area contributed by atoms with Crippen molar-refractivity contribution in [2.75, 3.05) is 5.32 Å². The Morgan fingerprint density at radius 1 is 1.12 bits per heavy atom. The van der Waals surface area contributed by atoms with E-state index in [1.54, 1.807) is 18.2 Å². The fourth-order valence-electron chi connectivity index (χ4n) is 1.55. The van der Waals surface area contributed by atoms with Crippen molar-refractivity contribution in [3.05, 3.63) is 59.4 Å². The highest BCUT2D eigenvalue weighted by Crippen LogP contribution is 2.21. The second-order valence-electron chi connectivity index (χ2n) is 3.79. The minimum absolute atomic E-state index is 0.278. The number of hydrogen-bond acceptors (Lipinski definition) is 2. The zero-order valence-corrected chi connectivity index (χ0v) is 9.37. The molecule has 0 spiro atoms. The van der Waals surface area contributed by atoms with E-state index in [1.165, 1.54) is 12.1 Å². The van der Waals surface area contributed by atoms with Crippen molar-refractivity contribution < 1.29 is 4.39 Å². The van der Waals surface area contributed by atoms with Gasteiger partial charge in [0.1, 0.15) is 11.9 Å². The van der Waals surface area contributed by atoms with Gasteiger partial charge in [0.15, 0.2) is 0 Å². The third-order valence-corrected chi connectivity index (χ3v) is 2.42. The van der Waals surface area contributed by atoms with E-state index in [0.29, 0.717) is 5.56 Å². The topological polar surface area (TPSA) is 35.8 Å². The van der Waals surface area contributed by atoms with Gasteiger partial charge in [0.25, 0.3) is 0 Å². The van der Waals surface area contributed by atoms with E-state index in [2.05, 4.69) is 11.4 Å². The molecule has 0 fully saturated rings. The van der Waals surface area contributed by atoms with Crippen molar-refractivity contribution in [2.24, 2.45) is 0 Å². The number of nitrogens with one attached hydrogen (secondary N) is 1. The van der Waals surface area contributed by atoms with E-state index in [4.69, 9.17) is 5.26 Å². The zero-order chi connectivity index (χ0) is 12.3. The van der Waals surface area contributed by atoms with E-state index >= 15 is 0 Å². The van der Waals surface area contributed by atoms with Gasteiger partial charge in [-0.15, -0.1) is 0 Å². The first-order valence-corrected chi connectivity index (χ1v) is 5.22. The van der Waals surface area contributed by atoms with Gasteiger partial charge in [0, 0.05) is 5.69 Å². The summed E-state index contributed by atoms with van der Waals surface area (Å²) in [4.78, 5) is 0. The van der Waals surface area contributed by atoms with Gasteiger partial charge in [0.05, 0.1) is 11.3 Å². The van der Waals surface area contributed by atoms with Crippen LogP contribution in [0, 0.1) is 24.1 Å². The first-order valence-electron chi connectivity index (χ1n) is 5.22. The Balaban J connectivity index is 2.32. The van der Waals surface area contributed by atoms with Crippen LogP contribution in [0.4, 0.5) is 15.8 Å². The summed E-state index contributed by atoms with van der Waals surface area (Å²) in [7, 11) is 0. The van der Waals surface area contributed by atoms with Gasteiger partial charge in [-0.1, -0.05) is 6.07 Å². The summed E-state index contributed by atoms with van der Waals surface area (Å²) in [6, 6.07) is 13.7. The van der Waals surface area contributed by atoms with Gasteiger partial charge < -0.3 is 5.32 Å². The van der Waals surface area contributed by atoms with Crippen LogP contribution in [0.2, 0.25) is 0 Å². The van der Waals surface area contributed by atoms with Crippen LogP contribution in [0.25, 0.3) is 0 Å². The number of hydrogen-bond donors (Lipinski definition) is 1. The maximum absolute atomic E-state index is 12.8. The van der Waals surface area contributed by atoms with Crippen molar-refractivity contribution >= 4 is 11.4 Å². The van der Waals surface area contributed by atoms with Crippen LogP contribution in [-0.4, -0.2) is 0 Å². The Labute approximate surface area is 99.3 Å². The summed E-state index contributed by atoms with van der Waals surface area (Å²) >= 11 is 0. The molecule has 0 aliphatic carbocycles. The Bertz CT molecular complexity index is 568. The lowest BCUT2D eigenvalue weighted by Gasteiger charge is -2.08. The summed E-state index contributed by atoms with van der Waals surface area (Å²) in [5, 5.41) is 12.1. The highest BCUT2D eigenvalue weighted by atomic mass is 19.1. The molecule has 2 rings (SSSR count). The Morgan fingerprint density at radius 2 is 1.82 bits per heavy atom. The highest BCUT2D eigenvalue weighted by Gasteiger charge is 2.02. The Kier molecular flexibility index (Phi) is 3.06. The van der Waals surface area contributed by atoms with Crippen molar-refractivity contribution in [3.63, 3.8) is 0 Å². The SMILES string of the molecule is Cc1ccc(C#N)c(Nc2ccc(F)cc2)c1. The van der Waals surface area contributed by atoms with Gasteiger partial charge in [-0.05, 0) is 48.9 Å². The van der Waals surface area contributed by atoms with Crippen molar-refractivity contribution in [1.29, 1.82) is 5.26 Å². The number of nitrogens with zero attached hydrogens (tertiary/aromatic N) is 1. The fourth-order valence-corrected chi connectivity index (χ4v) is 1.55. The number of halogens is 1. The van der Waals surface area contributed by atoms with Gasteiger partial charge in [-0.3, -0.25) is 0 Å². The quantitative estimate of drug-likeness (QED) is 0.846. The summed E-state index contributed by atoms with van der Waals surface area (Å²) < 4.78 is 12.8. The van der Waals surface area contributed by atoms with E-state index in [1.807, 2.05) is 19.1 Å². The van der Waals surface area contributed by atoms with E-state index < -0.39 is 0 Å². The van der Waals surface area contributed by atoms with Gasteiger partial charge >= 0.3 is 0 Å². The lowest BCUT2D eigenvalue weighted by molar-refractivity contribution is 0.628. The van der Waals surface area contributed by atoms with Gasteiger partial charge in [0.2, 0.25) is 0 Å². The lowest BCUT2D eigenvalue weighted by atomic mass is 10.1. The normalized spacial score (nSPS) is 9.71. The van der Waals surface area contributed by atoms with Crippen LogP contribution in [0.5, 0.6) is 0 Å². The van der Waals surface area contributed by atoms with E-state index in [9.17, 15) is 4.39 Å². The minimum Gasteiger partial charge on any atom is -0.354 e. The molecule has 17 heavy (non-hydrogen) atoms. The van der Waals surface area contributed by atoms with Gasteiger partial charge in [-0.2, -0.15) is 5.26 Å². The zero-order valence-electron chi connectivity index (χ0n) is 9.37. The molecular formula is C14H11FN2. The number of nitriles is 1. The Morgan fingerprint density at radius 3 is 2.47 bits per heavy atom. The number of aryl methyl sites for hydroxylation is 1. The number of rotatable bonds is 2. The van der Waals surface area contributed by atoms with Crippen LogP contribution in [-0.2, 0) is 0 Å². The average Bonchev–Trinajstić information content (AvgIpc) is 2.32. The first-order chi connectivity index (χ1) is 8.19. The predicted molar refractivity (Wildman–Crippen MR) is 65.6 cm³/mol. The maximum Gasteiger partial charge on any atom is 0.123 e. The van der Waals surface area contributed by atoms with Crippen LogP contribution in [0.15, 0.2) is 42.5 Å². The molecule has 0 atom stereocenters. The Hall–Kier alpha value is -2.34. The molecule has 2 aromatic rings. The summed E-state index contributed by atoms with van der Waals surface area (Å²) in [5.41, 5.74) is 3.13. The molecule has 0 bridgehead atoms. The molecule has 0 saturated carbocycles. The number of anilines is 2. The van der Waals surface area contributed by atoms with Crippen molar-refractivity contribution in [2.45, 2.75) is 6.92 Å². The molecule has 0 radical (unpaired) electrons. The summed E-state index contributed by atoms with van der Waals surface area (Å²) in [6.07, 6.45) is 0. The first kappa shape index (κ1) is 11.2. The molecule has 0 amide bonds. The third-order valence-electron chi connectivity index (χ3n) is 2.42. The van der Waals surface area contributed by atoms with Crippen LogP contribution < -0.4 is 5.32 Å². The van der Waals surface area contributed by atoms with E-state index in [-0.39, 0.29) is 5.82 Å². The molecule has 0 aliphatic heterocycles. The highest BCUT2D eigenvalue weighted by molar-refractivity contribution is 5.67. The monoisotopic (exact) mass is 226 g/mol. The smallest absolute Gasteiger partial charge is 0.123 e. The molecule has 1 N–H and O–H groups in total. The molecule has 0 heterocycles. The summed E-state index contributed by atoms with van der Waals surface area (Å²) in [5.74, 6) is -0.278. The second-order valence-corrected chi connectivity index (χ2v) is 3.79. The minimum atomic E-state index is -0.278. The van der Waals surface area contributed by atoms with Crippen molar-refractivity contribution in [1.82, 2.24) is 0 Å². The molecule has 0 aliphatic rings. The fraction of sp³-hybridized carbons (Fsp3) is 0.0714. The van der Waals surface area contributed by atoms with Crippen molar-refractivity contribution in [3.8, 4) is 6.07 Å². The number of benzene rings is 2. The predicted octanol–water partition coefficient (Wildman–Crippen LogP) is 3.75. The van der Waals surface area contributed by atoms with Crippen LogP contribution >= 0.6 is 0 Å². The molecule has 3 heteroatoms. The molecule has 0 unspecified atom stereocenters. The molecule has 2 aromatic carbocycles. The second kappa shape index (κ2) is 4.67. The standard InChI is InChI=1S/C14H11FN2/c1-10-2-3-11(9-16)14(8-10)17-13-6-4-12(15)5-7-13/h2-8,17H,1H3. The van der Waals surface area contributed by atoms with Crippen LogP contribution in [0.3, 0.4) is 0 Å². The third kappa shape index (κ3) is 2.61. The largest absolute Gasteiger partial charge is 0.354 e. The lowest BCUT2D eigenvalue weighted by Crippen LogP contribution is -1.94. The molecule has 2 nitrogen and oxygen atoms in total. The van der Waals surface area contributed by atoms with Crippen LogP contribution in [0.1, 0.15) is 11.1 Å². The molecule has 0 saturated heterocycles. The van der Waals surface area contributed by atoms with E-state index in [0.717, 1.165) is 16.9 Å². The molecular weight excluding hydrogens is 215 g/mol. The molecule has 84 valence electrons. The summed E-state index contributed by atoms with van der Waals surface area (Å²) in [6.45, 7) is 1.96. The maximum atomic E-state index is 12.8. The average molecular weight is 226 g/mol. The molecule has 0 aromatic heterocycles.